The van der Waals surface area contributed by atoms with Gasteiger partial charge >= 0.3 is 12.3 Å². The molecule has 5 nitrogen and oxygen atoms in total. The molecule has 0 saturated carbocycles. The van der Waals surface area contributed by atoms with E-state index in [0.29, 0.717) is 0 Å². The van der Waals surface area contributed by atoms with Crippen molar-refractivity contribution < 1.29 is 32.5 Å². The Kier molecular flexibility index (Phi) is 4.34. The van der Waals surface area contributed by atoms with Gasteiger partial charge in [-0.25, -0.2) is 4.79 Å². The fourth-order valence-electron chi connectivity index (χ4n) is 1.37. The van der Waals surface area contributed by atoms with Gasteiger partial charge in [-0.15, -0.1) is 13.2 Å². The van der Waals surface area contributed by atoms with E-state index in [4.69, 9.17) is 10.4 Å². The number of aliphatic hydroxyl groups is 1. The summed E-state index contributed by atoms with van der Waals surface area (Å²) in [5, 5.41) is 17.8. The van der Waals surface area contributed by atoms with Gasteiger partial charge in [0.2, 0.25) is 0 Å². The zero-order chi connectivity index (χ0) is 14.6. The summed E-state index contributed by atoms with van der Waals surface area (Å²) in [6.45, 7) is -0.668. The molecule has 8 heteroatoms. The van der Waals surface area contributed by atoms with E-state index in [9.17, 15) is 18.0 Å². The molecule has 19 heavy (non-hydrogen) atoms. The van der Waals surface area contributed by atoms with Crippen molar-refractivity contribution in [2.45, 2.75) is 13.0 Å². The standard InChI is InChI=1S/C11H8F3NO4/c1-18-10(17)7-3-2-6(5-16)8(4-15)9(7)19-11(12,13)14/h2-3,16H,5H2,1H3. The maximum absolute atomic E-state index is 12.3. The van der Waals surface area contributed by atoms with Crippen molar-refractivity contribution in [1.29, 1.82) is 5.26 Å². The number of carbonyl (C=O) groups excluding carboxylic acids is 1. The predicted octanol–water partition coefficient (Wildman–Crippen LogP) is 1.74. The summed E-state index contributed by atoms with van der Waals surface area (Å²) < 4.78 is 44.9. The third-order valence-electron chi connectivity index (χ3n) is 2.15. The van der Waals surface area contributed by atoms with Crippen LogP contribution >= 0.6 is 0 Å². The van der Waals surface area contributed by atoms with E-state index in [-0.39, 0.29) is 5.56 Å². The highest BCUT2D eigenvalue weighted by atomic mass is 19.4. The molecule has 1 N–H and O–H groups in total. The normalized spacial score (nSPS) is 10.7. The molecule has 102 valence electrons. The van der Waals surface area contributed by atoms with E-state index in [0.717, 1.165) is 19.2 Å². The van der Waals surface area contributed by atoms with Gasteiger partial charge < -0.3 is 14.6 Å². The molecule has 0 atom stereocenters. The third kappa shape index (κ3) is 3.35. The van der Waals surface area contributed by atoms with Crippen LogP contribution in [-0.2, 0) is 11.3 Å². The molecule has 0 aliphatic rings. The molecule has 0 radical (unpaired) electrons. The van der Waals surface area contributed by atoms with Gasteiger partial charge in [-0.3, -0.25) is 0 Å². The summed E-state index contributed by atoms with van der Waals surface area (Å²) in [5.41, 5.74) is -1.20. The fraction of sp³-hybridized carbons (Fsp3) is 0.273. The van der Waals surface area contributed by atoms with Gasteiger partial charge in [-0.2, -0.15) is 5.26 Å². The molecule has 0 aliphatic carbocycles. The van der Waals surface area contributed by atoms with Crippen LogP contribution in [0, 0.1) is 11.3 Å². The highest BCUT2D eigenvalue weighted by Crippen LogP contribution is 2.32. The molecular formula is C11H8F3NO4. The molecule has 0 amide bonds. The fourth-order valence-corrected chi connectivity index (χ4v) is 1.37. The van der Waals surface area contributed by atoms with Crippen LogP contribution in [0.5, 0.6) is 5.75 Å². The Hall–Kier alpha value is -2.27. The monoisotopic (exact) mass is 275 g/mol. The minimum absolute atomic E-state index is 0.0885. The molecule has 0 aliphatic heterocycles. The van der Waals surface area contributed by atoms with Crippen LogP contribution in [0.3, 0.4) is 0 Å². The molecular weight excluding hydrogens is 267 g/mol. The predicted molar refractivity (Wildman–Crippen MR) is 55.1 cm³/mol. The van der Waals surface area contributed by atoms with Gasteiger partial charge in [0.15, 0.2) is 5.75 Å². The van der Waals surface area contributed by atoms with Crippen molar-refractivity contribution in [1.82, 2.24) is 0 Å². The van der Waals surface area contributed by atoms with Crippen LogP contribution in [0.1, 0.15) is 21.5 Å². The maximum atomic E-state index is 12.3. The Labute approximate surface area is 105 Å². The van der Waals surface area contributed by atoms with Crippen molar-refractivity contribution in [2.75, 3.05) is 7.11 Å². The molecule has 0 bridgehead atoms. The molecule has 1 aromatic rings. The molecule has 1 rings (SSSR count). The Morgan fingerprint density at radius 1 is 1.47 bits per heavy atom. The Morgan fingerprint density at radius 2 is 2.11 bits per heavy atom. The maximum Gasteiger partial charge on any atom is 0.573 e. The third-order valence-corrected chi connectivity index (χ3v) is 2.15. The number of alkyl halides is 3. The quantitative estimate of drug-likeness (QED) is 0.850. The molecule has 0 heterocycles. The molecule has 0 spiro atoms. The first-order valence-electron chi connectivity index (χ1n) is 4.85. The van der Waals surface area contributed by atoms with Crippen molar-refractivity contribution >= 4 is 5.97 Å². The number of hydrogen-bond acceptors (Lipinski definition) is 5. The summed E-state index contributed by atoms with van der Waals surface area (Å²) in [6, 6.07) is 3.60. The first-order chi connectivity index (χ1) is 8.84. The van der Waals surface area contributed by atoms with E-state index in [1.165, 1.54) is 6.07 Å². The number of aliphatic hydroxyl groups excluding tert-OH is 1. The summed E-state index contributed by atoms with van der Waals surface area (Å²) >= 11 is 0. The van der Waals surface area contributed by atoms with Crippen molar-refractivity contribution in [3.05, 3.63) is 28.8 Å². The molecule has 0 saturated heterocycles. The average molecular weight is 275 g/mol. The minimum Gasteiger partial charge on any atom is -0.465 e. The number of nitrogens with zero attached hydrogens (tertiary/aromatic N) is 1. The van der Waals surface area contributed by atoms with Crippen LogP contribution in [0.15, 0.2) is 12.1 Å². The lowest BCUT2D eigenvalue weighted by molar-refractivity contribution is -0.274. The van der Waals surface area contributed by atoms with Crippen molar-refractivity contribution in [3.8, 4) is 11.8 Å². The zero-order valence-electron chi connectivity index (χ0n) is 9.61. The number of methoxy groups -OCH3 is 1. The summed E-state index contributed by atoms with van der Waals surface area (Å²) in [4.78, 5) is 11.3. The molecule has 0 aromatic heterocycles. The summed E-state index contributed by atoms with van der Waals surface area (Å²) in [5.74, 6) is -2.06. The zero-order valence-corrected chi connectivity index (χ0v) is 9.61. The van der Waals surface area contributed by atoms with Gasteiger partial charge in [0.05, 0.1) is 13.7 Å². The SMILES string of the molecule is COC(=O)c1ccc(CO)c(C#N)c1OC(F)(F)F. The summed E-state index contributed by atoms with van der Waals surface area (Å²) in [7, 11) is 0.978. The van der Waals surface area contributed by atoms with E-state index in [1.807, 2.05) is 0 Å². The van der Waals surface area contributed by atoms with Crippen molar-refractivity contribution in [2.24, 2.45) is 0 Å². The summed E-state index contributed by atoms with van der Waals surface area (Å²) in [6.07, 6.45) is -5.08. The number of esters is 1. The van der Waals surface area contributed by atoms with E-state index < -0.39 is 35.8 Å². The highest BCUT2D eigenvalue weighted by Gasteiger charge is 2.35. The first kappa shape index (κ1) is 14.8. The number of benzene rings is 1. The topological polar surface area (TPSA) is 79.5 Å². The van der Waals surface area contributed by atoms with Crippen LogP contribution < -0.4 is 4.74 Å². The Morgan fingerprint density at radius 3 is 2.53 bits per heavy atom. The highest BCUT2D eigenvalue weighted by molar-refractivity contribution is 5.93. The minimum atomic E-state index is -5.08. The van der Waals surface area contributed by atoms with Gasteiger partial charge in [0.1, 0.15) is 17.2 Å². The number of hydrogen-bond donors (Lipinski definition) is 1. The smallest absolute Gasteiger partial charge is 0.465 e. The van der Waals surface area contributed by atoms with Gasteiger partial charge in [-0.1, -0.05) is 6.07 Å². The largest absolute Gasteiger partial charge is 0.573 e. The van der Waals surface area contributed by atoms with Gasteiger partial charge in [-0.05, 0) is 11.6 Å². The van der Waals surface area contributed by atoms with Crippen LogP contribution in [-0.4, -0.2) is 24.5 Å². The second-order valence-corrected chi connectivity index (χ2v) is 3.29. The second-order valence-electron chi connectivity index (χ2n) is 3.29. The van der Waals surface area contributed by atoms with Gasteiger partial charge in [0.25, 0.3) is 0 Å². The number of rotatable bonds is 3. The second kappa shape index (κ2) is 5.58. The lowest BCUT2D eigenvalue weighted by atomic mass is 10.0. The molecule has 1 aromatic carbocycles. The Balaban J connectivity index is 3.50. The lowest BCUT2D eigenvalue weighted by Gasteiger charge is -2.15. The van der Waals surface area contributed by atoms with Crippen LogP contribution in [0.2, 0.25) is 0 Å². The number of carbonyl (C=O) groups is 1. The molecule has 0 fully saturated rings. The average Bonchev–Trinajstić information content (AvgIpc) is 2.35. The number of halogens is 3. The lowest BCUT2D eigenvalue weighted by Crippen LogP contribution is -2.20. The van der Waals surface area contributed by atoms with Crippen molar-refractivity contribution in [3.63, 3.8) is 0 Å². The van der Waals surface area contributed by atoms with E-state index >= 15 is 0 Å². The first-order valence-corrected chi connectivity index (χ1v) is 4.85. The number of nitriles is 1. The van der Waals surface area contributed by atoms with Crippen LogP contribution in [0.25, 0.3) is 0 Å². The Bertz CT molecular complexity index is 534. The van der Waals surface area contributed by atoms with E-state index in [2.05, 4.69) is 9.47 Å². The van der Waals surface area contributed by atoms with E-state index in [1.54, 1.807) is 0 Å². The number of ether oxygens (including phenoxy) is 2. The van der Waals surface area contributed by atoms with Crippen LogP contribution in [0.4, 0.5) is 13.2 Å². The van der Waals surface area contributed by atoms with Gasteiger partial charge in [0, 0.05) is 0 Å². The molecule has 0 unspecified atom stereocenters.